The van der Waals surface area contributed by atoms with E-state index in [-0.39, 0.29) is 0 Å². The predicted molar refractivity (Wildman–Crippen MR) is 54.2 cm³/mol. The average molecular weight is 192 g/mol. The van der Waals surface area contributed by atoms with Crippen LogP contribution in [0.3, 0.4) is 0 Å². The number of aryl methyl sites for hydroxylation is 1. The summed E-state index contributed by atoms with van der Waals surface area (Å²) in [4.78, 5) is 15.6. The number of aromatic nitrogens is 2. The number of imidazole rings is 1. The molecule has 1 fully saturated rings. The fourth-order valence-electron chi connectivity index (χ4n) is 2.12. The molecule has 0 bridgehead atoms. The summed E-state index contributed by atoms with van der Waals surface area (Å²) < 4.78 is 2.16. The van der Waals surface area contributed by atoms with Crippen molar-refractivity contribution in [1.29, 1.82) is 0 Å². The van der Waals surface area contributed by atoms with Crippen molar-refractivity contribution in [2.45, 2.75) is 45.6 Å². The number of carbonyl (C=O) groups excluding carboxylic acids is 1. The number of Topliss-reactive ketones (excluding diaryl/α,β-unsaturated/α-hetero) is 1. The quantitative estimate of drug-likeness (QED) is 0.683. The van der Waals surface area contributed by atoms with Gasteiger partial charge in [0.15, 0.2) is 0 Å². The van der Waals surface area contributed by atoms with Gasteiger partial charge in [0, 0.05) is 24.6 Å². The van der Waals surface area contributed by atoms with E-state index in [1.807, 2.05) is 13.3 Å². The van der Waals surface area contributed by atoms with Gasteiger partial charge >= 0.3 is 0 Å². The molecular formula is C11H16N2O. The molecule has 1 aromatic rings. The van der Waals surface area contributed by atoms with Gasteiger partial charge < -0.3 is 4.57 Å². The molecule has 3 nitrogen and oxygen atoms in total. The van der Waals surface area contributed by atoms with Crippen molar-refractivity contribution < 1.29 is 4.79 Å². The van der Waals surface area contributed by atoms with E-state index in [4.69, 9.17) is 0 Å². The predicted octanol–water partition coefficient (Wildman–Crippen LogP) is 2.18. The molecule has 14 heavy (non-hydrogen) atoms. The molecule has 1 aliphatic carbocycles. The Labute approximate surface area is 84.1 Å². The van der Waals surface area contributed by atoms with E-state index in [9.17, 15) is 4.79 Å². The minimum atomic E-state index is 0.359. The van der Waals surface area contributed by atoms with Crippen LogP contribution in [0.2, 0.25) is 0 Å². The second-order valence-corrected chi connectivity index (χ2v) is 4.11. The van der Waals surface area contributed by atoms with E-state index in [0.717, 1.165) is 25.0 Å². The Kier molecular flexibility index (Phi) is 2.40. The van der Waals surface area contributed by atoms with E-state index in [1.165, 1.54) is 5.69 Å². The van der Waals surface area contributed by atoms with Gasteiger partial charge in [0.2, 0.25) is 0 Å². The Balaban J connectivity index is 2.22. The van der Waals surface area contributed by atoms with Crippen molar-refractivity contribution in [2.75, 3.05) is 0 Å². The van der Waals surface area contributed by atoms with E-state index >= 15 is 0 Å². The van der Waals surface area contributed by atoms with Gasteiger partial charge in [-0.05, 0) is 26.7 Å². The van der Waals surface area contributed by atoms with Gasteiger partial charge in [-0.25, -0.2) is 4.98 Å². The molecule has 1 aromatic heterocycles. The fraction of sp³-hybridized carbons (Fsp3) is 0.636. The number of nitrogens with zero attached hydrogens (tertiary/aromatic N) is 2. The first-order chi connectivity index (χ1) is 6.68. The van der Waals surface area contributed by atoms with E-state index in [1.54, 1.807) is 0 Å². The lowest BCUT2D eigenvalue weighted by Crippen LogP contribution is -2.19. The molecule has 0 N–H and O–H groups in total. The number of ketones is 1. The van der Waals surface area contributed by atoms with Crippen LogP contribution in [0.4, 0.5) is 0 Å². The normalized spacial score (nSPS) is 22.7. The molecule has 0 saturated heterocycles. The van der Waals surface area contributed by atoms with Crippen molar-refractivity contribution in [3.05, 3.63) is 17.7 Å². The molecule has 2 rings (SSSR count). The number of carbonyl (C=O) groups is 1. The van der Waals surface area contributed by atoms with Crippen molar-refractivity contribution in [1.82, 2.24) is 9.55 Å². The molecule has 1 unspecified atom stereocenters. The second-order valence-electron chi connectivity index (χ2n) is 4.11. The van der Waals surface area contributed by atoms with Crippen molar-refractivity contribution >= 4 is 5.78 Å². The first-order valence-electron chi connectivity index (χ1n) is 5.20. The summed E-state index contributed by atoms with van der Waals surface area (Å²) in [6.07, 6.45) is 5.47. The molecule has 0 radical (unpaired) electrons. The molecule has 0 spiro atoms. The summed E-state index contributed by atoms with van der Waals surface area (Å²) in [7, 11) is 0. The third-order valence-electron chi connectivity index (χ3n) is 3.14. The molecular weight excluding hydrogens is 176 g/mol. The molecule has 3 heteroatoms. The molecule has 0 aromatic carbocycles. The van der Waals surface area contributed by atoms with Crippen molar-refractivity contribution in [2.24, 2.45) is 0 Å². The van der Waals surface area contributed by atoms with Crippen LogP contribution in [-0.2, 0) is 4.79 Å². The Hall–Kier alpha value is -1.12. The lowest BCUT2D eigenvalue weighted by atomic mass is 9.94. The van der Waals surface area contributed by atoms with Gasteiger partial charge in [-0.1, -0.05) is 0 Å². The summed E-state index contributed by atoms with van der Waals surface area (Å²) in [6, 6.07) is 0.359. The minimum Gasteiger partial charge on any atom is -0.331 e. The SMILES string of the molecule is Cc1ncn(C2CCCC(=O)C2)c1C. The van der Waals surface area contributed by atoms with Gasteiger partial charge in [-0.3, -0.25) is 4.79 Å². The Morgan fingerprint density at radius 3 is 2.86 bits per heavy atom. The fourth-order valence-corrected chi connectivity index (χ4v) is 2.12. The van der Waals surface area contributed by atoms with Crippen LogP contribution in [-0.4, -0.2) is 15.3 Å². The Bertz CT molecular complexity index is 354. The van der Waals surface area contributed by atoms with E-state index in [0.29, 0.717) is 18.2 Å². The summed E-state index contributed by atoms with van der Waals surface area (Å²) in [5, 5.41) is 0. The maximum Gasteiger partial charge on any atom is 0.134 e. The van der Waals surface area contributed by atoms with Crippen molar-refractivity contribution in [3.8, 4) is 0 Å². The van der Waals surface area contributed by atoms with Gasteiger partial charge in [0.1, 0.15) is 5.78 Å². The zero-order valence-corrected chi connectivity index (χ0v) is 8.79. The first kappa shape index (κ1) is 9.44. The van der Waals surface area contributed by atoms with Crippen LogP contribution >= 0.6 is 0 Å². The summed E-state index contributed by atoms with van der Waals surface area (Å²) in [5.41, 5.74) is 2.27. The standard InChI is InChI=1S/C11H16N2O/c1-8-9(2)13(7-12-8)10-4-3-5-11(14)6-10/h7,10H,3-6H2,1-2H3. The highest BCUT2D eigenvalue weighted by atomic mass is 16.1. The molecule has 1 saturated carbocycles. The lowest BCUT2D eigenvalue weighted by molar-refractivity contribution is -0.121. The van der Waals surface area contributed by atoms with Crippen molar-refractivity contribution in [3.63, 3.8) is 0 Å². The smallest absolute Gasteiger partial charge is 0.134 e. The maximum absolute atomic E-state index is 11.3. The monoisotopic (exact) mass is 192 g/mol. The highest BCUT2D eigenvalue weighted by Crippen LogP contribution is 2.27. The van der Waals surface area contributed by atoms with Crippen LogP contribution in [0.5, 0.6) is 0 Å². The molecule has 76 valence electrons. The van der Waals surface area contributed by atoms with Gasteiger partial charge in [-0.2, -0.15) is 0 Å². The first-order valence-corrected chi connectivity index (χ1v) is 5.20. The topological polar surface area (TPSA) is 34.9 Å². The van der Waals surface area contributed by atoms with Gasteiger partial charge in [-0.15, -0.1) is 0 Å². The molecule has 1 atom stereocenters. The number of hydrogen-bond acceptors (Lipinski definition) is 2. The molecule has 0 amide bonds. The second kappa shape index (κ2) is 3.56. The highest BCUT2D eigenvalue weighted by molar-refractivity contribution is 5.79. The Morgan fingerprint density at radius 2 is 2.29 bits per heavy atom. The van der Waals surface area contributed by atoms with Crippen LogP contribution in [0.25, 0.3) is 0 Å². The van der Waals surface area contributed by atoms with Crippen LogP contribution in [0.15, 0.2) is 6.33 Å². The minimum absolute atomic E-state index is 0.359. The van der Waals surface area contributed by atoms with Gasteiger partial charge in [0.25, 0.3) is 0 Å². The van der Waals surface area contributed by atoms with Crippen LogP contribution in [0.1, 0.15) is 43.1 Å². The summed E-state index contributed by atoms with van der Waals surface area (Å²) in [6.45, 7) is 4.08. The maximum atomic E-state index is 11.3. The molecule has 1 aliphatic rings. The summed E-state index contributed by atoms with van der Waals surface area (Å²) >= 11 is 0. The van der Waals surface area contributed by atoms with E-state index in [2.05, 4.69) is 16.5 Å². The van der Waals surface area contributed by atoms with E-state index < -0.39 is 0 Å². The lowest BCUT2D eigenvalue weighted by Gasteiger charge is -2.23. The summed E-state index contributed by atoms with van der Waals surface area (Å²) in [5.74, 6) is 0.395. The highest BCUT2D eigenvalue weighted by Gasteiger charge is 2.22. The van der Waals surface area contributed by atoms with Gasteiger partial charge in [0.05, 0.1) is 12.0 Å². The zero-order valence-electron chi connectivity index (χ0n) is 8.79. The number of hydrogen-bond donors (Lipinski definition) is 0. The third-order valence-corrected chi connectivity index (χ3v) is 3.14. The number of rotatable bonds is 1. The largest absolute Gasteiger partial charge is 0.331 e. The molecule has 0 aliphatic heterocycles. The van der Waals surface area contributed by atoms with Crippen LogP contribution in [0, 0.1) is 13.8 Å². The average Bonchev–Trinajstić information content (AvgIpc) is 2.48. The third kappa shape index (κ3) is 1.59. The Morgan fingerprint density at radius 1 is 1.50 bits per heavy atom. The van der Waals surface area contributed by atoms with Crippen LogP contribution < -0.4 is 0 Å². The molecule has 1 heterocycles. The zero-order chi connectivity index (χ0) is 10.1.